The fraction of sp³-hybridized carbons (Fsp3) is 0.0800. The van der Waals surface area contributed by atoms with Crippen molar-refractivity contribution in [2.24, 2.45) is 5.10 Å². The van der Waals surface area contributed by atoms with Gasteiger partial charge in [0.05, 0.1) is 30.0 Å². The number of ether oxygens (including phenoxy) is 2. The lowest BCUT2D eigenvalue weighted by Crippen LogP contribution is -2.16. The molecule has 1 aromatic heterocycles. The van der Waals surface area contributed by atoms with Crippen molar-refractivity contribution in [3.05, 3.63) is 94.2 Å². The molecule has 0 bridgehead atoms. The summed E-state index contributed by atoms with van der Waals surface area (Å²) in [5, 5.41) is 14.3. The van der Waals surface area contributed by atoms with Crippen molar-refractivity contribution >= 4 is 34.7 Å². The average molecular weight is 460 g/mol. The van der Waals surface area contributed by atoms with Gasteiger partial charge in [-0.3, -0.25) is 4.79 Å². The Kier molecular flexibility index (Phi) is 6.58. The number of nitrogens with one attached hydrogen (secondary N) is 1. The molecule has 3 aromatic carbocycles. The third-order valence-electron chi connectivity index (χ3n) is 4.79. The van der Waals surface area contributed by atoms with E-state index in [1.54, 1.807) is 36.4 Å². The first kappa shape index (κ1) is 21.9. The van der Waals surface area contributed by atoms with Crippen LogP contribution in [0.5, 0.6) is 11.5 Å². The molecule has 0 atom stereocenters. The molecular weight excluding hydrogens is 442 g/mol. The number of para-hydroxylation sites is 1. The predicted molar refractivity (Wildman–Crippen MR) is 125 cm³/mol. The van der Waals surface area contributed by atoms with Crippen molar-refractivity contribution in [2.45, 2.75) is 6.61 Å². The number of rotatable bonds is 7. The zero-order chi connectivity index (χ0) is 23.2. The largest absolute Gasteiger partial charge is 0.493 e. The third kappa shape index (κ3) is 4.97. The van der Waals surface area contributed by atoms with Gasteiger partial charge in [-0.15, -0.1) is 0 Å². The number of hydrogen-bond donors (Lipinski definition) is 1. The van der Waals surface area contributed by atoms with E-state index >= 15 is 0 Å². The summed E-state index contributed by atoms with van der Waals surface area (Å²) in [6, 6.07) is 21.6. The van der Waals surface area contributed by atoms with E-state index < -0.39 is 5.91 Å². The van der Waals surface area contributed by atoms with Gasteiger partial charge in [0.1, 0.15) is 12.2 Å². The van der Waals surface area contributed by atoms with E-state index in [0.29, 0.717) is 33.2 Å². The van der Waals surface area contributed by atoms with Gasteiger partial charge in [0.25, 0.3) is 0 Å². The van der Waals surface area contributed by atoms with Crippen LogP contribution in [0.15, 0.2) is 76.2 Å². The Labute approximate surface area is 194 Å². The highest BCUT2D eigenvalue weighted by atomic mass is 35.5. The number of nitrogens with zero attached hydrogens (tertiary/aromatic N) is 2. The Balaban J connectivity index is 1.46. The van der Waals surface area contributed by atoms with E-state index in [4.69, 9.17) is 25.5 Å². The highest BCUT2D eigenvalue weighted by Gasteiger charge is 2.14. The number of fused-ring (bicyclic) bond motifs is 1. The molecule has 0 unspecified atom stereocenters. The van der Waals surface area contributed by atoms with E-state index in [9.17, 15) is 10.1 Å². The summed E-state index contributed by atoms with van der Waals surface area (Å²) < 4.78 is 16.8. The van der Waals surface area contributed by atoms with Crippen LogP contribution in [-0.2, 0) is 6.61 Å². The fourth-order valence-corrected chi connectivity index (χ4v) is 3.45. The Morgan fingerprint density at radius 1 is 1.18 bits per heavy atom. The first-order valence-corrected chi connectivity index (χ1v) is 10.3. The minimum Gasteiger partial charge on any atom is -0.493 e. The van der Waals surface area contributed by atoms with Crippen LogP contribution in [0.1, 0.15) is 27.2 Å². The highest BCUT2D eigenvalue weighted by Crippen LogP contribution is 2.36. The minimum atomic E-state index is -0.475. The fourth-order valence-electron chi connectivity index (χ4n) is 3.17. The maximum absolute atomic E-state index is 12.3. The van der Waals surface area contributed by atoms with Crippen LogP contribution in [0.25, 0.3) is 11.0 Å². The Hall–Kier alpha value is -4.28. The quantitative estimate of drug-likeness (QED) is 0.298. The standard InChI is InChI=1S/C25H18ClN3O4/c1-31-22-11-16(10-20(26)24(22)32-15-19-8-3-2-7-18(19)13-27)14-28-29-25(30)23-12-17-6-4-5-9-21(17)33-23/h2-12,14H,15H2,1H3,(H,29,30). The summed E-state index contributed by atoms with van der Waals surface area (Å²) in [6.07, 6.45) is 1.43. The van der Waals surface area contributed by atoms with E-state index in [1.807, 2.05) is 30.3 Å². The molecule has 4 aromatic rings. The molecule has 4 rings (SSSR count). The molecule has 164 valence electrons. The predicted octanol–water partition coefficient (Wildman–Crippen LogP) is 5.31. The number of methoxy groups -OCH3 is 1. The number of hydrogen-bond acceptors (Lipinski definition) is 6. The van der Waals surface area contributed by atoms with E-state index in [-0.39, 0.29) is 12.4 Å². The lowest BCUT2D eigenvalue weighted by molar-refractivity contribution is 0.0929. The lowest BCUT2D eigenvalue weighted by Gasteiger charge is -2.14. The summed E-state index contributed by atoms with van der Waals surface area (Å²) in [5.74, 6) is 0.416. The van der Waals surface area contributed by atoms with Crippen molar-refractivity contribution in [1.82, 2.24) is 5.43 Å². The molecule has 0 fully saturated rings. The second-order valence-corrected chi connectivity index (χ2v) is 7.35. The van der Waals surface area contributed by atoms with Crippen LogP contribution in [0.4, 0.5) is 0 Å². The summed E-state index contributed by atoms with van der Waals surface area (Å²) in [5.41, 5.74) is 4.90. The molecule has 0 radical (unpaired) electrons. The second kappa shape index (κ2) is 9.90. The molecule has 7 nitrogen and oxygen atoms in total. The third-order valence-corrected chi connectivity index (χ3v) is 5.07. The monoisotopic (exact) mass is 459 g/mol. The zero-order valence-electron chi connectivity index (χ0n) is 17.5. The van der Waals surface area contributed by atoms with E-state index in [1.165, 1.54) is 13.3 Å². The number of halogens is 1. The van der Waals surface area contributed by atoms with Crippen molar-refractivity contribution < 1.29 is 18.7 Å². The van der Waals surface area contributed by atoms with Crippen molar-refractivity contribution in [3.63, 3.8) is 0 Å². The molecule has 0 aliphatic heterocycles. The van der Waals surface area contributed by atoms with E-state index in [2.05, 4.69) is 16.6 Å². The van der Waals surface area contributed by atoms with Crippen LogP contribution in [0, 0.1) is 11.3 Å². The molecule has 1 amide bonds. The molecular formula is C25H18ClN3O4. The normalized spacial score (nSPS) is 10.8. The molecule has 1 N–H and O–H groups in total. The molecule has 0 saturated carbocycles. The lowest BCUT2D eigenvalue weighted by atomic mass is 10.1. The van der Waals surface area contributed by atoms with Crippen molar-refractivity contribution in [1.29, 1.82) is 5.26 Å². The van der Waals surface area contributed by atoms with Gasteiger partial charge in [-0.25, -0.2) is 5.43 Å². The van der Waals surface area contributed by atoms with Crippen molar-refractivity contribution in [3.8, 4) is 17.6 Å². The van der Waals surface area contributed by atoms with E-state index in [0.717, 1.165) is 10.9 Å². The molecule has 0 aliphatic carbocycles. The van der Waals surface area contributed by atoms with Crippen LogP contribution in [0.2, 0.25) is 5.02 Å². The Bertz CT molecular complexity index is 1360. The van der Waals surface area contributed by atoms with Gasteiger partial charge >= 0.3 is 5.91 Å². The summed E-state index contributed by atoms with van der Waals surface area (Å²) >= 11 is 6.40. The molecule has 0 aliphatic rings. The number of nitriles is 1. The molecule has 33 heavy (non-hydrogen) atoms. The van der Waals surface area contributed by atoms with Gasteiger partial charge in [-0.1, -0.05) is 48.0 Å². The maximum Gasteiger partial charge on any atom is 0.307 e. The SMILES string of the molecule is COc1cc(C=NNC(=O)c2cc3ccccc3o2)cc(Cl)c1OCc1ccccc1C#N. The number of benzene rings is 3. The number of hydrazone groups is 1. The Morgan fingerprint density at radius 2 is 1.97 bits per heavy atom. The number of carbonyl (C=O) groups excluding carboxylic acids is 1. The van der Waals surface area contributed by atoms with Crippen LogP contribution >= 0.6 is 11.6 Å². The summed E-state index contributed by atoms with van der Waals surface area (Å²) in [6.45, 7) is 0.154. The zero-order valence-corrected chi connectivity index (χ0v) is 18.3. The van der Waals surface area contributed by atoms with Gasteiger partial charge < -0.3 is 13.9 Å². The average Bonchev–Trinajstić information content (AvgIpc) is 3.28. The Morgan fingerprint density at radius 3 is 2.76 bits per heavy atom. The van der Waals surface area contributed by atoms with Gasteiger partial charge in [0.15, 0.2) is 17.3 Å². The topological polar surface area (TPSA) is 96.8 Å². The van der Waals surface area contributed by atoms with Gasteiger partial charge in [0, 0.05) is 10.9 Å². The smallest absolute Gasteiger partial charge is 0.307 e. The number of carbonyl (C=O) groups is 1. The van der Waals surface area contributed by atoms with Gasteiger partial charge in [-0.05, 0) is 35.9 Å². The van der Waals surface area contributed by atoms with Gasteiger partial charge in [0.2, 0.25) is 0 Å². The number of furan rings is 1. The highest BCUT2D eigenvalue weighted by molar-refractivity contribution is 6.32. The summed E-state index contributed by atoms with van der Waals surface area (Å²) in [7, 11) is 1.49. The first-order valence-electron chi connectivity index (χ1n) is 9.89. The molecule has 0 saturated heterocycles. The van der Waals surface area contributed by atoms with Crippen LogP contribution < -0.4 is 14.9 Å². The minimum absolute atomic E-state index is 0.154. The summed E-state index contributed by atoms with van der Waals surface area (Å²) in [4.78, 5) is 12.3. The first-order chi connectivity index (χ1) is 16.1. The number of amides is 1. The van der Waals surface area contributed by atoms with Crippen LogP contribution in [0.3, 0.4) is 0 Å². The van der Waals surface area contributed by atoms with Crippen molar-refractivity contribution in [2.75, 3.05) is 7.11 Å². The second-order valence-electron chi connectivity index (χ2n) is 6.94. The molecule has 0 spiro atoms. The molecule has 1 heterocycles. The van der Waals surface area contributed by atoms with Gasteiger partial charge in [-0.2, -0.15) is 10.4 Å². The maximum atomic E-state index is 12.3. The van der Waals surface area contributed by atoms with Crippen LogP contribution in [-0.4, -0.2) is 19.2 Å². The molecule has 8 heteroatoms.